The molecule has 0 saturated heterocycles. The van der Waals surface area contributed by atoms with E-state index in [1.807, 2.05) is 31.2 Å². The Morgan fingerprint density at radius 3 is 1.93 bits per heavy atom. The van der Waals surface area contributed by atoms with Crippen molar-refractivity contribution in [2.24, 2.45) is 11.7 Å². The van der Waals surface area contributed by atoms with Crippen molar-refractivity contribution in [3.8, 4) is 11.1 Å². The van der Waals surface area contributed by atoms with E-state index >= 15 is 0 Å². The first-order valence-electron chi connectivity index (χ1n) is 9.29. The molecule has 0 aliphatic carbocycles. The van der Waals surface area contributed by atoms with Gasteiger partial charge in [-0.1, -0.05) is 43.7 Å². The Kier molecular flexibility index (Phi) is 13.8. The summed E-state index contributed by atoms with van der Waals surface area (Å²) in [4.78, 5) is 16.4. The van der Waals surface area contributed by atoms with Crippen LogP contribution >= 0.6 is 24.8 Å². The number of benzene rings is 1. The lowest BCUT2D eigenvalue weighted by Gasteiger charge is -2.19. The second-order valence-electron chi connectivity index (χ2n) is 7.44. The van der Waals surface area contributed by atoms with Crippen LogP contribution in [0.1, 0.15) is 60.6 Å². The summed E-state index contributed by atoms with van der Waals surface area (Å²) in [6, 6.07) is 7.88. The minimum atomic E-state index is -0.962. The molecule has 2 aromatic rings. The van der Waals surface area contributed by atoms with E-state index in [2.05, 4.69) is 18.8 Å². The summed E-state index contributed by atoms with van der Waals surface area (Å²) < 4.78 is 0. The van der Waals surface area contributed by atoms with E-state index in [1.54, 1.807) is 20.8 Å². The van der Waals surface area contributed by atoms with E-state index in [4.69, 9.17) is 10.8 Å². The van der Waals surface area contributed by atoms with Crippen LogP contribution in [0, 0.1) is 19.8 Å². The Morgan fingerprint density at radius 2 is 1.55 bits per heavy atom. The highest BCUT2D eigenvalue weighted by Crippen LogP contribution is 2.32. The smallest absolute Gasteiger partial charge is 0.338 e. The van der Waals surface area contributed by atoms with Crippen LogP contribution in [0.3, 0.4) is 0 Å². The SMILES string of the molecule is CC(C)O.Cc1ccc(-c2c(CN)c(CC(C)C)nc(C)c2C(=O)O)cc1.Cl.Cl. The van der Waals surface area contributed by atoms with Gasteiger partial charge < -0.3 is 15.9 Å². The van der Waals surface area contributed by atoms with E-state index in [0.717, 1.165) is 28.8 Å². The molecule has 0 spiro atoms. The van der Waals surface area contributed by atoms with Gasteiger partial charge in [-0.3, -0.25) is 4.98 Å². The number of pyridine rings is 1. The Hall–Kier alpha value is -1.66. The summed E-state index contributed by atoms with van der Waals surface area (Å²) in [6.07, 6.45) is 0.617. The molecule has 0 bridgehead atoms. The van der Waals surface area contributed by atoms with Crippen molar-refractivity contribution in [1.82, 2.24) is 4.98 Å². The van der Waals surface area contributed by atoms with Gasteiger partial charge in [-0.15, -0.1) is 24.8 Å². The third-order valence-corrected chi connectivity index (χ3v) is 3.92. The number of aromatic nitrogens is 1. The zero-order chi connectivity index (χ0) is 20.7. The van der Waals surface area contributed by atoms with Crippen molar-refractivity contribution in [1.29, 1.82) is 0 Å². The summed E-state index contributed by atoms with van der Waals surface area (Å²) in [5.74, 6) is -0.537. The molecule has 0 amide bonds. The predicted octanol–water partition coefficient (Wildman–Crippen LogP) is 4.95. The summed E-state index contributed by atoms with van der Waals surface area (Å²) in [5, 5.41) is 17.7. The van der Waals surface area contributed by atoms with Gasteiger partial charge in [0.25, 0.3) is 0 Å². The number of halogens is 2. The first kappa shape index (κ1) is 29.5. The first-order valence-corrected chi connectivity index (χ1v) is 9.29. The molecule has 5 nitrogen and oxygen atoms in total. The standard InChI is InChI=1S/C19H24N2O2.C3H8O.2ClH/c1-11(2)9-16-15(10-20)18(14-7-5-12(3)6-8-14)17(19(22)23)13(4)21-16;1-3(2)4;;/h5-8,11H,9-10,20H2,1-4H3,(H,22,23);3-4H,1-2H3;2*1H. The maximum Gasteiger partial charge on any atom is 0.338 e. The van der Waals surface area contributed by atoms with Gasteiger partial charge >= 0.3 is 5.97 Å². The van der Waals surface area contributed by atoms with E-state index < -0.39 is 5.97 Å². The molecular formula is C22H34Cl2N2O3. The van der Waals surface area contributed by atoms with E-state index in [9.17, 15) is 9.90 Å². The minimum absolute atomic E-state index is 0. The van der Waals surface area contributed by atoms with Crippen molar-refractivity contribution in [3.63, 3.8) is 0 Å². The number of carbonyl (C=O) groups is 1. The van der Waals surface area contributed by atoms with Crippen LogP contribution in [-0.2, 0) is 13.0 Å². The average Bonchev–Trinajstić information content (AvgIpc) is 2.53. The molecule has 7 heteroatoms. The molecule has 0 atom stereocenters. The van der Waals surface area contributed by atoms with Gasteiger partial charge in [-0.05, 0) is 51.2 Å². The molecule has 0 radical (unpaired) electrons. The fraction of sp³-hybridized carbons (Fsp3) is 0.455. The van der Waals surface area contributed by atoms with Gasteiger partial charge in [0.05, 0.1) is 11.3 Å². The van der Waals surface area contributed by atoms with Crippen molar-refractivity contribution in [2.45, 2.75) is 60.6 Å². The molecule has 0 aliphatic heterocycles. The van der Waals surface area contributed by atoms with Gasteiger partial charge in [0.2, 0.25) is 0 Å². The zero-order valence-corrected chi connectivity index (χ0v) is 19.7. The van der Waals surface area contributed by atoms with E-state index in [-0.39, 0.29) is 43.0 Å². The van der Waals surface area contributed by atoms with Gasteiger partial charge in [0.15, 0.2) is 0 Å². The third kappa shape index (κ3) is 8.70. The van der Waals surface area contributed by atoms with Gasteiger partial charge in [0, 0.05) is 23.9 Å². The molecular weight excluding hydrogens is 411 g/mol. The number of rotatable bonds is 5. The molecule has 2 rings (SSSR count). The highest BCUT2D eigenvalue weighted by molar-refractivity contribution is 5.98. The van der Waals surface area contributed by atoms with Crippen LogP contribution in [0.25, 0.3) is 11.1 Å². The van der Waals surface area contributed by atoms with Crippen molar-refractivity contribution in [2.75, 3.05) is 0 Å². The lowest BCUT2D eigenvalue weighted by Crippen LogP contribution is -2.15. The Bertz CT molecular complexity index is 774. The molecule has 1 aromatic heterocycles. The Labute approximate surface area is 186 Å². The summed E-state index contributed by atoms with van der Waals surface area (Å²) in [7, 11) is 0. The number of nitrogens with zero attached hydrogens (tertiary/aromatic N) is 1. The van der Waals surface area contributed by atoms with E-state index in [1.165, 1.54) is 0 Å². The number of nitrogens with two attached hydrogens (primary N) is 1. The molecule has 164 valence electrons. The average molecular weight is 445 g/mol. The number of aryl methyl sites for hydroxylation is 2. The molecule has 0 aliphatic rings. The van der Waals surface area contributed by atoms with Crippen molar-refractivity contribution >= 4 is 30.8 Å². The molecule has 29 heavy (non-hydrogen) atoms. The number of aliphatic hydroxyl groups is 1. The second kappa shape index (κ2) is 13.5. The topological polar surface area (TPSA) is 96.4 Å². The van der Waals surface area contributed by atoms with Crippen LogP contribution in [-0.4, -0.2) is 27.3 Å². The van der Waals surface area contributed by atoms with Gasteiger partial charge in [-0.2, -0.15) is 0 Å². The van der Waals surface area contributed by atoms with Crippen LogP contribution in [0.5, 0.6) is 0 Å². The number of aromatic carboxylic acids is 1. The monoisotopic (exact) mass is 444 g/mol. The summed E-state index contributed by atoms with van der Waals surface area (Å²) in [5.41, 5.74) is 11.2. The molecule has 0 unspecified atom stereocenters. The van der Waals surface area contributed by atoms with Crippen LogP contribution < -0.4 is 5.73 Å². The molecule has 1 heterocycles. The number of carboxylic acid groups (broad SMARTS) is 1. The summed E-state index contributed by atoms with van der Waals surface area (Å²) >= 11 is 0. The first-order chi connectivity index (χ1) is 12.6. The number of carboxylic acids is 1. The fourth-order valence-corrected chi connectivity index (χ4v) is 2.88. The zero-order valence-electron chi connectivity index (χ0n) is 18.0. The summed E-state index contributed by atoms with van der Waals surface area (Å²) in [6.45, 7) is 11.7. The van der Waals surface area contributed by atoms with Crippen LogP contribution in [0.2, 0.25) is 0 Å². The van der Waals surface area contributed by atoms with Crippen molar-refractivity contribution in [3.05, 3.63) is 52.3 Å². The molecule has 0 fully saturated rings. The third-order valence-electron chi connectivity index (χ3n) is 3.92. The van der Waals surface area contributed by atoms with Gasteiger partial charge in [-0.25, -0.2) is 4.79 Å². The molecule has 4 N–H and O–H groups in total. The predicted molar refractivity (Wildman–Crippen MR) is 124 cm³/mol. The second-order valence-corrected chi connectivity index (χ2v) is 7.44. The highest BCUT2D eigenvalue weighted by atomic mass is 35.5. The maximum atomic E-state index is 11.8. The lowest BCUT2D eigenvalue weighted by molar-refractivity contribution is 0.0696. The van der Waals surface area contributed by atoms with Gasteiger partial charge in [0.1, 0.15) is 0 Å². The number of hydrogen-bond donors (Lipinski definition) is 3. The number of aliphatic hydroxyl groups excluding tert-OH is 1. The number of hydrogen-bond acceptors (Lipinski definition) is 4. The van der Waals surface area contributed by atoms with Crippen molar-refractivity contribution < 1.29 is 15.0 Å². The van der Waals surface area contributed by atoms with Crippen LogP contribution in [0.4, 0.5) is 0 Å². The largest absolute Gasteiger partial charge is 0.478 e. The normalized spacial score (nSPS) is 10.0. The highest BCUT2D eigenvalue weighted by Gasteiger charge is 2.22. The van der Waals surface area contributed by atoms with Crippen LogP contribution in [0.15, 0.2) is 24.3 Å². The molecule has 0 saturated carbocycles. The maximum absolute atomic E-state index is 11.8. The minimum Gasteiger partial charge on any atom is -0.478 e. The van der Waals surface area contributed by atoms with E-state index in [0.29, 0.717) is 17.2 Å². The fourth-order valence-electron chi connectivity index (χ4n) is 2.88. The lowest BCUT2D eigenvalue weighted by atomic mass is 9.90. The quantitative estimate of drug-likeness (QED) is 0.605. The Morgan fingerprint density at radius 1 is 1.07 bits per heavy atom. The molecule has 1 aromatic carbocycles. The Balaban J connectivity index is 0.